The summed E-state index contributed by atoms with van der Waals surface area (Å²) in [6.07, 6.45) is 3.23. The van der Waals surface area contributed by atoms with Crippen molar-refractivity contribution >= 4 is 18.0 Å². The lowest BCUT2D eigenvalue weighted by atomic mass is 10.1. The van der Waals surface area contributed by atoms with Crippen LogP contribution < -0.4 is 21.7 Å². The third-order valence-corrected chi connectivity index (χ3v) is 4.41. The van der Waals surface area contributed by atoms with E-state index < -0.39 is 11.7 Å². The molecule has 0 radical (unpaired) electrons. The van der Waals surface area contributed by atoms with Crippen LogP contribution in [-0.2, 0) is 9.53 Å². The molecule has 0 spiro atoms. The second kappa shape index (κ2) is 11.7. The number of carbonyl (C=O) groups is 2. The molecular weight excluding hydrogens is 360 g/mol. The zero-order valence-corrected chi connectivity index (χ0v) is 18.0. The summed E-state index contributed by atoms with van der Waals surface area (Å²) in [4.78, 5) is 29.4. The molecule has 162 valence electrons. The fourth-order valence-corrected chi connectivity index (χ4v) is 3.11. The molecule has 1 saturated heterocycles. The van der Waals surface area contributed by atoms with Gasteiger partial charge in [-0.1, -0.05) is 13.3 Å². The van der Waals surface area contributed by atoms with E-state index >= 15 is 0 Å². The smallest absolute Gasteiger partial charge is 0.407 e. The molecule has 1 rings (SSSR count). The fourth-order valence-electron chi connectivity index (χ4n) is 3.11. The normalized spacial score (nSPS) is 17.7. The quantitative estimate of drug-likeness (QED) is 0.354. The molecule has 1 heterocycles. The molecule has 0 aromatic carbocycles. The summed E-state index contributed by atoms with van der Waals surface area (Å²) in [7, 11) is 1.73. The van der Waals surface area contributed by atoms with Crippen LogP contribution in [0.5, 0.6) is 0 Å². The van der Waals surface area contributed by atoms with Crippen molar-refractivity contribution in [1.29, 1.82) is 0 Å². The number of amides is 2. The Labute approximate surface area is 168 Å². The average molecular weight is 399 g/mol. The van der Waals surface area contributed by atoms with Crippen molar-refractivity contribution in [2.45, 2.75) is 71.1 Å². The van der Waals surface area contributed by atoms with E-state index in [-0.39, 0.29) is 11.9 Å². The van der Waals surface area contributed by atoms with Gasteiger partial charge in [0.05, 0.1) is 6.54 Å². The van der Waals surface area contributed by atoms with Gasteiger partial charge in [-0.15, -0.1) is 0 Å². The van der Waals surface area contributed by atoms with Crippen molar-refractivity contribution in [3.8, 4) is 0 Å². The second-order valence-electron chi connectivity index (χ2n) is 8.25. The molecule has 1 unspecified atom stereocenters. The third kappa shape index (κ3) is 10.3. The number of rotatable bonds is 8. The standard InChI is InChI=1S/C19H38N6O3/c1-6-7-15(24-18(27)28-19(2,3)4)12-22-17(21-5)23-14-8-10-25(11-9-14)13-16(20)26/h14-15H,6-13H2,1-5H3,(H2,20,26)(H,24,27)(H2,21,22,23). The molecule has 1 atom stereocenters. The SMILES string of the molecule is CCCC(CNC(=NC)NC1CCN(CC(N)=O)CC1)NC(=O)OC(C)(C)C. The second-order valence-corrected chi connectivity index (χ2v) is 8.25. The maximum Gasteiger partial charge on any atom is 0.407 e. The molecule has 0 aliphatic carbocycles. The molecule has 9 nitrogen and oxygen atoms in total. The summed E-state index contributed by atoms with van der Waals surface area (Å²) in [5.41, 5.74) is 4.74. The Kier molecular flexibility index (Phi) is 10.1. The number of nitrogens with two attached hydrogens (primary N) is 1. The van der Waals surface area contributed by atoms with Gasteiger partial charge < -0.3 is 26.4 Å². The van der Waals surface area contributed by atoms with Crippen LogP contribution in [0.3, 0.4) is 0 Å². The first kappa shape index (κ1) is 24.0. The predicted octanol–water partition coefficient (Wildman–Crippen LogP) is 0.795. The van der Waals surface area contributed by atoms with Gasteiger partial charge in [0.2, 0.25) is 5.91 Å². The first-order valence-electron chi connectivity index (χ1n) is 10.1. The third-order valence-electron chi connectivity index (χ3n) is 4.41. The number of carbonyl (C=O) groups excluding carboxylic acids is 2. The van der Waals surface area contributed by atoms with Gasteiger partial charge in [0, 0.05) is 38.8 Å². The number of likely N-dealkylation sites (tertiary alicyclic amines) is 1. The Morgan fingerprint density at radius 3 is 2.43 bits per heavy atom. The number of hydrogen-bond donors (Lipinski definition) is 4. The molecule has 0 aromatic rings. The van der Waals surface area contributed by atoms with E-state index in [1.807, 2.05) is 20.8 Å². The minimum Gasteiger partial charge on any atom is -0.444 e. The first-order valence-corrected chi connectivity index (χ1v) is 10.1. The van der Waals surface area contributed by atoms with Crippen LogP contribution >= 0.6 is 0 Å². The molecule has 28 heavy (non-hydrogen) atoms. The van der Waals surface area contributed by atoms with Gasteiger partial charge in [-0.2, -0.15) is 0 Å². The zero-order valence-electron chi connectivity index (χ0n) is 18.0. The van der Waals surface area contributed by atoms with Crippen molar-refractivity contribution in [3.63, 3.8) is 0 Å². The van der Waals surface area contributed by atoms with Gasteiger partial charge in [0.1, 0.15) is 5.60 Å². The number of guanidine groups is 1. The number of piperidine rings is 1. The number of hydrogen-bond acceptors (Lipinski definition) is 5. The Morgan fingerprint density at radius 2 is 1.93 bits per heavy atom. The van der Waals surface area contributed by atoms with Gasteiger partial charge in [0.15, 0.2) is 5.96 Å². The van der Waals surface area contributed by atoms with E-state index in [2.05, 4.69) is 32.8 Å². The van der Waals surface area contributed by atoms with Crippen molar-refractivity contribution in [2.75, 3.05) is 33.2 Å². The van der Waals surface area contributed by atoms with Crippen molar-refractivity contribution in [3.05, 3.63) is 0 Å². The summed E-state index contributed by atoms with van der Waals surface area (Å²) in [5.74, 6) is 0.420. The number of alkyl carbamates (subject to hydrolysis) is 1. The van der Waals surface area contributed by atoms with E-state index in [9.17, 15) is 9.59 Å². The number of primary amides is 1. The maximum absolute atomic E-state index is 12.0. The maximum atomic E-state index is 12.0. The summed E-state index contributed by atoms with van der Waals surface area (Å²) in [5, 5.41) is 9.64. The van der Waals surface area contributed by atoms with Crippen LogP contribution in [0.25, 0.3) is 0 Å². The number of ether oxygens (including phenoxy) is 1. The van der Waals surface area contributed by atoms with Gasteiger partial charge >= 0.3 is 6.09 Å². The minimum absolute atomic E-state index is 0.0455. The Balaban J connectivity index is 2.44. The van der Waals surface area contributed by atoms with Crippen molar-refractivity contribution in [2.24, 2.45) is 10.7 Å². The summed E-state index contributed by atoms with van der Waals surface area (Å²) < 4.78 is 5.35. The van der Waals surface area contributed by atoms with Crippen LogP contribution in [0.4, 0.5) is 4.79 Å². The Bertz CT molecular complexity index is 524. The number of nitrogens with one attached hydrogen (secondary N) is 3. The van der Waals surface area contributed by atoms with E-state index in [1.165, 1.54) is 0 Å². The van der Waals surface area contributed by atoms with Crippen LogP contribution in [0.15, 0.2) is 4.99 Å². The van der Waals surface area contributed by atoms with E-state index in [1.54, 1.807) is 7.05 Å². The number of nitrogens with zero attached hydrogens (tertiary/aromatic N) is 2. The Hall–Kier alpha value is -2.03. The van der Waals surface area contributed by atoms with E-state index in [0.717, 1.165) is 38.8 Å². The van der Waals surface area contributed by atoms with Crippen LogP contribution in [0, 0.1) is 0 Å². The highest BCUT2D eigenvalue weighted by Gasteiger charge is 2.22. The molecule has 2 amide bonds. The summed E-state index contributed by atoms with van der Waals surface area (Å²) in [6.45, 7) is 10.2. The highest BCUT2D eigenvalue weighted by molar-refractivity contribution is 5.80. The lowest BCUT2D eigenvalue weighted by molar-refractivity contribution is -0.119. The predicted molar refractivity (Wildman–Crippen MR) is 111 cm³/mol. The average Bonchev–Trinajstić information content (AvgIpc) is 2.58. The largest absolute Gasteiger partial charge is 0.444 e. The molecule has 1 fully saturated rings. The number of aliphatic imine (C=N–C) groups is 1. The van der Waals surface area contributed by atoms with Gasteiger partial charge in [0.25, 0.3) is 0 Å². The lowest BCUT2D eigenvalue weighted by Crippen LogP contribution is -2.52. The molecule has 0 aromatic heterocycles. The van der Waals surface area contributed by atoms with Gasteiger partial charge in [-0.3, -0.25) is 14.7 Å². The summed E-state index contributed by atoms with van der Waals surface area (Å²) in [6, 6.07) is 0.245. The molecule has 0 bridgehead atoms. The topological polar surface area (TPSA) is 121 Å². The Morgan fingerprint density at radius 1 is 1.29 bits per heavy atom. The highest BCUT2D eigenvalue weighted by atomic mass is 16.6. The van der Waals surface area contributed by atoms with Crippen LogP contribution in [-0.4, -0.2) is 73.8 Å². The van der Waals surface area contributed by atoms with Crippen molar-refractivity contribution < 1.29 is 14.3 Å². The lowest BCUT2D eigenvalue weighted by Gasteiger charge is -2.32. The van der Waals surface area contributed by atoms with Crippen molar-refractivity contribution in [1.82, 2.24) is 20.9 Å². The molecule has 1 aliphatic rings. The minimum atomic E-state index is -0.519. The molecule has 5 N–H and O–H groups in total. The van der Waals surface area contributed by atoms with Crippen LogP contribution in [0.1, 0.15) is 53.4 Å². The summed E-state index contributed by atoms with van der Waals surface area (Å²) >= 11 is 0. The van der Waals surface area contributed by atoms with Gasteiger partial charge in [-0.25, -0.2) is 4.79 Å². The zero-order chi connectivity index (χ0) is 21.2. The molecular formula is C19H38N6O3. The molecule has 1 aliphatic heterocycles. The van der Waals surface area contributed by atoms with Gasteiger partial charge in [-0.05, 0) is 40.0 Å². The van der Waals surface area contributed by atoms with Crippen LogP contribution in [0.2, 0.25) is 0 Å². The molecule has 0 saturated carbocycles. The fraction of sp³-hybridized carbons (Fsp3) is 0.842. The monoisotopic (exact) mass is 398 g/mol. The van der Waals surface area contributed by atoms with E-state index in [4.69, 9.17) is 10.5 Å². The first-order chi connectivity index (χ1) is 13.1. The van der Waals surface area contributed by atoms with E-state index in [0.29, 0.717) is 25.1 Å². The molecule has 9 heteroatoms. The highest BCUT2D eigenvalue weighted by Crippen LogP contribution is 2.10.